The van der Waals surface area contributed by atoms with Crippen LogP contribution < -0.4 is 5.73 Å². The molecule has 1 heterocycles. The van der Waals surface area contributed by atoms with Crippen LogP contribution in [0.3, 0.4) is 0 Å². The maximum Gasteiger partial charge on any atom is 0.255 e. The Hall–Kier alpha value is -2.87. The zero-order valence-corrected chi connectivity index (χ0v) is 12.0. The fourth-order valence-electron chi connectivity index (χ4n) is 2.06. The predicted molar refractivity (Wildman–Crippen MR) is 80.3 cm³/mol. The van der Waals surface area contributed by atoms with Crippen LogP contribution in [0.2, 0.25) is 0 Å². The average Bonchev–Trinajstić information content (AvgIpc) is 2.49. The number of carbonyl (C=O) groups excluding carboxylic acids is 1. The van der Waals surface area contributed by atoms with Crippen LogP contribution in [0.15, 0.2) is 36.5 Å². The Balaban J connectivity index is 2.19. The maximum absolute atomic E-state index is 12.4. The normalized spacial score (nSPS) is 9.95. The number of amides is 1. The Morgan fingerprint density at radius 1 is 1.43 bits per heavy atom. The van der Waals surface area contributed by atoms with Gasteiger partial charge in [0.2, 0.25) is 0 Å². The molecule has 0 saturated heterocycles. The summed E-state index contributed by atoms with van der Waals surface area (Å²) in [6.07, 6.45) is 1.53. The molecular weight excluding hydrogens is 264 g/mol. The first-order chi connectivity index (χ1) is 10.0. The van der Waals surface area contributed by atoms with Crippen LogP contribution in [0.5, 0.6) is 0 Å². The molecule has 2 rings (SSSR count). The first-order valence-corrected chi connectivity index (χ1v) is 6.48. The molecule has 5 nitrogen and oxygen atoms in total. The van der Waals surface area contributed by atoms with Gasteiger partial charge in [-0.1, -0.05) is 12.1 Å². The first-order valence-electron chi connectivity index (χ1n) is 6.48. The summed E-state index contributed by atoms with van der Waals surface area (Å²) in [5.41, 5.74) is 8.77. The lowest BCUT2D eigenvalue weighted by Gasteiger charge is -2.18. The van der Waals surface area contributed by atoms with E-state index in [1.165, 1.54) is 6.20 Å². The second-order valence-corrected chi connectivity index (χ2v) is 4.88. The number of hydrogen-bond acceptors (Lipinski definition) is 4. The number of rotatable bonds is 3. The Kier molecular flexibility index (Phi) is 4.19. The third kappa shape index (κ3) is 3.37. The number of nitriles is 1. The number of pyridine rings is 1. The Morgan fingerprint density at radius 3 is 2.90 bits per heavy atom. The molecule has 0 aliphatic carbocycles. The van der Waals surface area contributed by atoms with Crippen molar-refractivity contribution in [2.75, 3.05) is 12.8 Å². The standard InChI is InChI=1S/C16H16N4O/c1-11-15(7-14(18)9-19-11)16(21)20(2)10-13-5-3-4-12(6-13)8-17/h3-7,9H,10,18H2,1-2H3. The second kappa shape index (κ2) is 6.06. The lowest BCUT2D eigenvalue weighted by molar-refractivity contribution is 0.0784. The van der Waals surface area contributed by atoms with E-state index in [1.807, 2.05) is 6.07 Å². The molecule has 0 fully saturated rings. The van der Waals surface area contributed by atoms with Crippen molar-refractivity contribution >= 4 is 11.6 Å². The Labute approximate surface area is 123 Å². The number of hydrogen-bond donors (Lipinski definition) is 1. The fraction of sp³-hybridized carbons (Fsp3) is 0.188. The first kappa shape index (κ1) is 14.5. The van der Waals surface area contributed by atoms with E-state index in [1.54, 1.807) is 43.1 Å². The third-order valence-electron chi connectivity index (χ3n) is 3.16. The van der Waals surface area contributed by atoms with Crippen LogP contribution in [-0.2, 0) is 6.54 Å². The van der Waals surface area contributed by atoms with Crippen molar-refractivity contribution in [3.05, 3.63) is 58.9 Å². The van der Waals surface area contributed by atoms with E-state index in [2.05, 4.69) is 11.1 Å². The molecule has 5 heteroatoms. The molecule has 0 unspecified atom stereocenters. The minimum Gasteiger partial charge on any atom is -0.397 e. The van der Waals surface area contributed by atoms with Crippen molar-refractivity contribution in [3.63, 3.8) is 0 Å². The molecule has 0 saturated carbocycles. The summed E-state index contributed by atoms with van der Waals surface area (Å²) in [6, 6.07) is 10.9. The van der Waals surface area contributed by atoms with E-state index in [0.29, 0.717) is 29.1 Å². The van der Waals surface area contributed by atoms with Gasteiger partial charge in [0.1, 0.15) is 0 Å². The molecule has 1 aromatic carbocycles. The van der Waals surface area contributed by atoms with Crippen molar-refractivity contribution in [1.29, 1.82) is 5.26 Å². The number of benzene rings is 1. The molecule has 106 valence electrons. The van der Waals surface area contributed by atoms with Crippen LogP contribution in [0.1, 0.15) is 27.2 Å². The summed E-state index contributed by atoms with van der Waals surface area (Å²) in [7, 11) is 1.71. The van der Waals surface area contributed by atoms with E-state index in [9.17, 15) is 4.79 Å². The summed E-state index contributed by atoms with van der Waals surface area (Å²) in [4.78, 5) is 18.1. The monoisotopic (exact) mass is 280 g/mol. The molecule has 0 spiro atoms. The number of nitrogen functional groups attached to an aromatic ring is 1. The summed E-state index contributed by atoms with van der Waals surface area (Å²) in [5, 5.41) is 8.90. The van der Waals surface area contributed by atoms with E-state index in [4.69, 9.17) is 11.0 Å². The minimum absolute atomic E-state index is 0.144. The van der Waals surface area contributed by atoms with Gasteiger partial charge in [-0.15, -0.1) is 0 Å². The summed E-state index contributed by atoms with van der Waals surface area (Å²) >= 11 is 0. The van der Waals surface area contributed by atoms with Crippen LogP contribution in [0.4, 0.5) is 5.69 Å². The van der Waals surface area contributed by atoms with Crippen molar-refractivity contribution < 1.29 is 4.79 Å². The highest BCUT2D eigenvalue weighted by molar-refractivity contribution is 5.95. The highest BCUT2D eigenvalue weighted by Gasteiger charge is 2.15. The highest BCUT2D eigenvalue weighted by atomic mass is 16.2. The number of anilines is 1. The molecule has 2 aromatic rings. The number of carbonyl (C=O) groups is 1. The topological polar surface area (TPSA) is 83.0 Å². The van der Waals surface area contributed by atoms with Gasteiger partial charge >= 0.3 is 0 Å². The van der Waals surface area contributed by atoms with Gasteiger partial charge < -0.3 is 10.6 Å². The van der Waals surface area contributed by atoms with Crippen molar-refractivity contribution in [1.82, 2.24) is 9.88 Å². The largest absolute Gasteiger partial charge is 0.397 e. The smallest absolute Gasteiger partial charge is 0.255 e. The Morgan fingerprint density at radius 2 is 2.19 bits per heavy atom. The van der Waals surface area contributed by atoms with Gasteiger partial charge in [0.25, 0.3) is 5.91 Å². The van der Waals surface area contributed by atoms with E-state index >= 15 is 0 Å². The average molecular weight is 280 g/mol. The second-order valence-electron chi connectivity index (χ2n) is 4.88. The van der Waals surface area contributed by atoms with Gasteiger partial charge in [-0.3, -0.25) is 9.78 Å². The molecule has 0 aliphatic heterocycles. The van der Waals surface area contributed by atoms with Gasteiger partial charge in [-0.25, -0.2) is 0 Å². The van der Waals surface area contributed by atoms with Crippen LogP contribution in [0.25, 0.3) is 0 Å². The lowest BCUT2D eigenvalue weighted by Crippen LogP contribution is -2.27. The van der Waals surface area contributed by atoms with Crippen molar-refractivity contribution in [2.45, 2.75) is 13.5 Å². The van der Waals surface area contributed by atoms with E-state index in [-0.39, 0.29) is 5.91 Å². The fourth-order valence-corrected chi connectivity index (χ4v) is 2.06. The molecule has 21 heavy (non-hydrogen) atoms. The quantitative estimate of drug-likeness (QED) is 0.933. The number of aromatic nitrogens is 1. The van der Waals surface area contributed by atoms with Crippen LogP contribution in [-0.4, -0.2) is 22.8 Å². The van der Waals surface area contributed by atoms with Crippen molar-refractivity contribution in [3.8, 4) is 6.07 Å². The molecule has 1 aromatic heterocycles. The molecule has 0 bridgehead atoms. The molecule has 0 radical (unpaired) electrons. The summed E-state index contributed by atoms with van der Waals surface area (Å²) in [6.45, 7) is 2.19. The van der Waals surface area contributed by atoms with Crippen molar-refractivity contribution in [2.24, 2.45) is 0 Å². The van der Waals surface area contributed by atoms with Crippen LogP contribution in [0, 0.1) is 18.3 Å². The van der Waals surface area contributed by atoms with E-state index in [0.717, 1.165) is 5.56 Å². The van der Waals surface area contributed by atoms with Gasteiger partial charge in [-0.05, 0) is 30.7 Å². The maximum atomic E-state index is 12.4. The van der Waals surface area contributed by atoms with Gasteiger partial charge in [0.15, 0.2) is 0 Å². The zero-order valence-electron chi connectivity index (χ0n) is 12.0. The number of nitrogens with two attached hydrogens (primary N) is 1. The van der Waals surface area contributed by atoms with E-state index < -0.39 is 0 Å². The lowest BCUT2D eigenvalue weighted by atomic mass is 10.1. The predicted octanol–water partition coefficient (Wildman–Crippen LogP) is 2.12. The molecule has 0 atom stereocenters. The molecule has 1 amide bonds. The van der Waals surface area contributed by atoms with Gasteiger partial charge in [0.05, 0.1) is 34.8 Å². The third-order valence-corrected chi connectivity index (χ3v) is 3.16. The van der Waals surface area contributed by atoms with Crippen LogP contribution >= 0.6 is 0 Å². The number of nitrogens with zero attached hydrogens (tertiary/aromatic N) is 3. The SMILES string of the molecule is Cc1ncc(N)cc1C(=O)N(C)Cc1cccc(C#N)c1. The zero-order chi connectivity index (χ0) is 15.4. The number of aryl methyl sites for hydroxylation is 1. The molecular formula is C16H16N4O. The van der Waals surface area contributed by atoms with Gasteiger partial charge in [-0.2, -0.15) is 5.26 Å². The minimum atomic E-state index is -0.144. The Bertz CT molecular complexity index is 718. The van der Waals surface area contributed by atoms with Gasteiger partial charge in [0, 0.05) is 13.6 Å². The molecule has 2 N–H and O–H groups in total. The molecule has 0 aliphatic rings. The summed E-state index contributed by atoms with van der Waals surface area (Å²) < 4.78 is 0. The summed E-state index contributed by atoms with van der Waals surface area (Å²) in [5.74, 6) is -0.144. The highest BCUT2D eigenvalue weighted by Crippen LogP contribution is 2.14.